The minimum atomic E-state index is -0.308. The van der Waals surface area contributed by atoms with Gasteiger partial charge in [0.15, 0.2) is 0 Å². The van der Waals surface area contributed by atoms with Crippen LogP contribution in [0.1, 0.15) is 69.8 Å². The van der Waals surface area contributed by atoms with Crippen LogP contribution in [0.15, 0.2) is 43.0 Å². The zero-order valence-electron chi connectivity index (χ0n) is 14.5. The number of hydrogen-bond donors (Lipinski definition) is 0. The Labute approximate surface area is 141 Å². The number of rotatable bonds is 14. The van der Waals surface area contributed by atoms with Crippen LogP contribution in [0, 0.1) is 0 Å². The van der Waals surface area contributed by atoms with E-state index in [0.717, 1.165) is 12.8 Å². The molecule has 2 heteroatoms. The molecule has 0 radical (unpaired) electrons. The van der Waals surface area contributed by atoms with Gasteiger partial charge in [-0.25, -0.2) is 4.79 Å². The Bertz CT molecular complexity index is 411. The molecule has 0 bridgehead atoms. The molecule has 0 heterocycles. The van der Waals surface area contributed by atoms with Gasteiger partial charge >= 0.3 is 5.97 Å². The zero-order valence-corrected chi connectivity index (χ0v) is 14.5. The maximum atomic E-state index is 10.8. The molecule has 0 saturated carbocycles. The summed E-state index contributed by atoms with van der Waals surface area (Å²) in [6, 6.07) is 10.8. The number of unbranched alkanes of at least 4 members (excludes halogenated alkanes) is 9. The highest BCUT2D eigenvalue weighted by Gasteiger charge is 1.96. The highest BCUT2D eigenvalue weighted by molar-refractivity contribution is 5.81. The highest BCUT2D eigenvalue weighted by atomic mass is 16.5. The predicted octanol–water partition coefficient (Wildman–Crippen LogP) is 5.86. The van der Waals surface area contributed by atoms with Crippen molar-refractivity contribution >= 4 is 5.97 Å². The molecule has 0 aliphatic rings. The molecule has 0 fully saturated rings. The van der Waals surface area contributed by atoms with Crippen LogP contribution < -0.4 is 0 Å². The fourth-order valence-electron chi connectivity index (χ4n) is 2.72. The van der Waals surface area contributed by atoms with Crippen LogP contribution in [-0.2, 0) is 16.0 Å². The number of carbonyl (C=O) groups is 1. The minimum Gasteiger partial charge on any atom is -0.463 e. The van der Waals surface area contributed by atoms with E-state index in [-0.39, 0.29) is 5.97 Å². The van der Waals surface area contributed by atoms with E-state index in [1.165, 1.54) is 69.4 Å². The van der Waals surface area contributed by atoms with Crippen LogP contribution >= 0.6 is 0 Å². The molecular formula is C21H32O2. The van der Waals surface area contributed by atoms with E-state index in [1.807, 2.05) is 0 Å². The van der Waals surface area contributed by atoms with Gasteiger partial charge in [-0.3, -0.25) is 0 Å². The summed E-state index contributed by atoms with van der Waals surface area (Å²) in [5.74, 6) is -0.308. The number of esters is 1. The van der Waals surface area contributed by atoms with Crippen molar-refractivity contribution in [3.63, 3.8) is 0 Å². The average Bonchev–Trinajstić information content (AvgIpc) is 2.59. The van der Waals surface area contributed by atoms with Crippen LogP contribution in [-0.4, -0.2) is 12.6 Å². The second-order valence-corrected chi connectivity index (χ2v) is 6.14. The second kappa shape index (κ2) is 14.0. The Morgan fingerprint density at radius 3 is 1.91 bits per heavy atom. The summed E-state index contributed by atoms with van der Waals surface area (Å²) in [6.45, 7) is 3.91. The molecule has 0 saturated heterocycles. The van der Waals surface area contributed by atoms with Crippen molar-refractivity contribution < 1.29 is 9.53 Å². The van der Waals surface area contributed by atoms with E-state index in [0.29, 0.717) is 6.61 Å². The smallest absolute Gasteiger partial charge is 0.330 e. The van der Waals surface area contributed by atoms with E-state index in [2.05, 4.69) is 36.9 Å². The monoisotopic (exact) mass is 316 g/mol. The van der Waals surface area contributed by atoms with Gasteiger partial charge in [-0.2, -0.15) is 0 Å². The molecule has 2 nitrogen and oxygen atoms in total. The van der Waals surface area contributed by atoms with Gasteiger partial charge in [0.25, 0.3) is 0 Å². The maximum absolute atomic E-state index is 10.8. The Hall–Kier alpha value is -1.57. The standard InChI is InChI=1S/C21H32O2/c1-2-21(22)23-19-15-10-8-6-4-3-5-7-9-12-16-20-17-13-11-14-18-20/h2,11,13-14,17-18H,1,3-10,12,15-16,19H2. The third-order valence-corrected chi connectivity index (χ3v) is 4.11. The third kappa shape index (κ3) is 11.6. The quantitative estimate of drug-likeness (QED) is 0.244. The van der Waals surface area contributed by atoms with Crippen molar-refractivity contribution in [2.24, 2.45) is 0 Å². The van der Waals surface area contributed by atoms with Gasteiger partial charge < -0.3 is 4.74 Å². The maximum Gasteiger partial charge on any atom is 0.330 e. The molecule has 0 unspecified atom stereocenters. The fourth-order valence-corrected chi connectivity index (χ4v) is 2.72. The molecule has 0 aromatic heterocycles. The lowest BCUT2D eigenvalue weighted by Crippen LogP contribution is -2.01. The fraction of sp³-hybridized carbons (Fsp3) is 0.571. The molecule has 0 spiro atoms. The molecule has 0 aliphatic heterocycles. The van der Waals surface area contributed by atoms with Crippen LogP contribution in [0.5, 0.6) is 0 Å². The molecule has 1 aromatic carbocycles. The highest BCUT2D eigenvalue weighted by Crippen LogP contribution is 2.12. The number of benzene rings is 1. The van der Waals surface area contributed by atoms with Crippen molar-refractivity contribution in [2.75, 3.05) is 6.61 Å². The second-order valence-electron chi connectivity index (χ2n) is 6.14. The summed E-state index contributed by atoms with van der Waals surface area (Å²) in [5, 5.41) is 0. The summed E-state index contributed by atoms with van der Waals surface area (Å²) >= 11 is 0. The van der Waals surface area contributed by atoms with Crippen molar-refractivity contribution in [1.29, 1.82) is 0 Å². The number of aryl methyl sites for hydroxylation is 1. The summed E-state index contributed by atoms with van der Waals surface area (Å²) in [5.41, 5.74) is 1.46. The lowest BCUT2D eigenvalue weighted by molar-refractivity contribution is -0.137. The zero-order chi connectivity index (χ0) is 16.6. The number of ether oxygens (including phenoxy) is 1. The Balaban J connectivity index is 1.76. The molecular weight excluding hydrogens is 284 g/mol. The summed E-state index contributed by atoms with van der Waals surface area (Å²) in [7, 11) is 0. The van der Waals surface area contributed by atoms with E-state index >= 15 is 0 Å². The predicted molar refractivity (Wildman–Crippen MR) is 97.5 cm³/mol. The topological polar surface area (TPSA) is 26.3 Å². The van der Waals surface area contributed by atoms with Crippen molar-refractivity contribution in [2.45, 2.75) is 70.6 Å². The van der Waals surface area contributed by atoms with E-state index in [9.17, 15) is 4.79 Å². The molecule has 1 rings (SSSR count). The third-order valence-electron chi connectivity index (χ3n) is 4.11. The van der Waals surface area contributed by atoms with Gasteiger partial charge in [0.2, 0.25) is 0 Å². The van der Waals surface area contributed by atoms with Crippen LogP contribution in [0.2, 0.25) is 0 Å². The van der Waals surface area contributed by atoms with Crippen LogP contribution in [0.4, 0.5) is 0 Å². The Morgan fingerprint density at radius 1 is 0.826 bits per heavy atom. The van der Waals surface area contributed by atoms with Gasteiger partial charge in [-0.05, 0) is 24.8 Å². The lowest BCUT2D eigenvalue weighted by atomic mass is 10.0. The Kier molecular flexibility index (Phi) is 11.9. The molecule has 1 aromatic rings. The van der Waals surface area contributed by atoms with Crippen molar-refractivity contribution in [3.8, 4) is 0 Å². The van der Waals surface area contributed by atoms with Gasteiger partial charge in [0.05, 0.1) is 6.61 Å². The summed E-state index contributed by atoms with van der Waals surface area (Å²) in [4.78, 5) is 10.8. The molecule has 0 amide bonds. The minimum absolute atomic E-state index is 0.308. The van der Waals surface area contributed by atoms with Crippen molar-refractivity contribution in [1.82, 2.24) is 0 Å². The van der Waals surface area contributed by atoms with Gasteiger partial charge in [0.1, 0.15) is 0 Å². The number of hydrogen-bond acceptors (Lipinski definition) is 2. The lowest BCUT2D eigenvalue weighted by Gasteiger charge is -2.04. The first-order valence-corrected chi connectivity index (χ1v) is 9.16. The van der Waals surface area contributed by atoms with E-state index in [4.69, 9.17) is 4.74 Å². The van der Waals surface area contributed by atoms with Crippen LogP contribution in [0.3, 0.4) is 0 Å². The van der Waals surface area contributed by atoms with Gasteiger partial charge in [0, 0.05) is 6.08 Å². The SMILES string of the molecule is C=CC(=O)OCCCCCCCCCCCCc1ccccc1. The van der Waals surface area contributed by atoms with Gasteiger partial charge in [-0.1, -0.05) is 88.3 Å². The normalized spacial score (nSPS) is 10.4. The largest absolute Gasteiger partial charge is 0.463 e. The molecule has 0 N–H and O–H groups in total. The van der Waals surface area contributed by atoms with E-state index < -0.39 is 0 Å². The van der Waals surface area contributed by atoms with Crippen molar-refractivity contribution in [3.05, 3.63) is 48.6 Å². The molecule has 128 valence electrons. The summed E-state index contributed by atoms with van der Waals surface area (Å²) in [6.07, 6.45) is 15.2. The summed E-state index contributed by atoms with van der Waals surface area (Å²) < 4.78 is 4.95. The first kappa shape index (κ1) is 19.5. The average molecular weight is 316 g/mol. The van der Waals surface area contributed by atoms with Crippen LogP contribution in [0.25, 0.3) is 0 Å². The van der Waals surface area contributed by atoms with Gasteiger partial charge in [-0.15, -0.1) is 0 Å². The number of carbonyl (C=O) groups excluding carboxylic acids is 1. The molecule has 0 atom stereocenters. The first-order valence-electron chi connectivity index (χ1n) is 9.16. The molecule has 23 heavy (non-hydrogen) atoms. The molecule has 0 aliphatic carbocycles. The first-order chi connectivity index (χ1) is 11.3. The van der Waals surface area contributed by atoms with E-state index in [1.54, 1.807) is 0 Å². The Morgan fingerprint density at radius 2 is 1.35 bits per heavy atom.